The highest BCUT2D eigenvalue weighted by molar-refractivity contribution is 5.97. The van der Waals surface area contributed by atoms with Crippen LogP contribution in [0.3, 0.4) is 0 Å². The molecule has 196 valence electrons. The molecule has 0 N–H and O–H groups in total. The fourth-order valence-corrected chi connectivity index (χ4v) is 4.23. The van der Waals surface area contributed by atoms with E-state index >= 15 is 0 Å². The lowest BCUT2D eigenvalue weighted by molar-refractivity contribution is -0.242. The van der Waals surface area contributed by atoms with Gasteiger partial charge in [0.05, 0.1) is 0 Å². The summed E-state index contributed by atoms with van der Waals surface area (Å²) in [6.07, 6.45) is 10.6. The molecule has 2 heterocycles. The van der Waals surface area contributed by atoms with E-state index in [2.05, 4.69) is 44.2 Å². The molecule has 0 aromatic rings. The van der Waals surface area contributed by atoms with Crippen LogP contribution in [0, 0.1) is 17.3 Å². The Hall–Kier alpha value is -2.30. The van der Waals surface area contributed by atoms with Crippen molar-refractivity contribution in [1.82, 2.24) is 4.90 Å². The zero-order chi connectivity index (χ0) is 27.1. The Morgan fingerprint density at radius 1 is 1.00 bits per heavy atom. The van der Waals surface area contributed by atoms with Gasteiger partial charge in [0.2, 0.25) is 0 Å². The third kappa shape index (κ3) is 8.18. The first-order valence-electron chi connectivity index (χ1n) is 13.0. The second kappa shape index (κ2) is 16.3. The van der Waals surface area contributed by atoms with Gasteiger partial charge in [-0.3, -0.25) is 9.59 Å². The summed E-state index contributed by atoms with van der Waals surface area (Å²) >= 11 is 0. The molecule has 2 aliphatic heterocycles. The Kier molecular flexibility index (Phi) is 16.3. The molecule has 34 heavy (non-hydrogen) atoms. The molecule has 3 rings (SSSR count). The lowest BCUT2D eigenvalue weighted by Crippen LogP contribution is -2.49. The molecule has 1 aliphatic carbocycles. The van der Waals surface area contributed by atoms with Crippen LogP contribution in [-0.2, 0) is 19.1 Å². The molecule has 5 heteroatoms. The number of carbonyl (C=O) groups is 2. The molecule has 0 aromatic heterocycles. The number of esters is 2. The summed E-state index contributed by atoms with van der Waals surface area (Å²) in [5.74, 6) is -3.53. The number of allylic oxidation sites excluding steroid dienone is 5. The van der Waals surface area contributed by atoms with Gasteiger partial charge in [-0.15, -0.1) is 0 Å². The molecule has 1 fully saturated rings. The van der Waals surface area contributed by atoms with E-state index in [0.717, 1.165) is 24.1 Å². The molecule has 2 atom stereocenters. The number of hydrogen-bond acceptors (Lipinski definition) is 5. The van der Waals surface area contributed by atoms with Crippen LogP contribution in [0.25, 0.3) is 0 Å². The van der Waals surface area contributed by atoms with Gasteiger partial charge in [0, 0.05) is 38.8 Å². The van der Waals surface area contributed by atoms with E-state index < -0.39 is 23.6 Å². The Morgan fingerprint density at radius 2 is 1.47 bits per heavy atom. The van der Waals surface area contributed by atoms with E-state index in [1.807, 2.05) is 54.7 Å². The van der Waals surface area contributed by atoms with Crippen LogP contribution in [0.4, 0.5) is 0 Å². The zero-order valence-electron chi connectivity index (χ0n) is 23.8. The first kappa shape index (κ1) is 33.9. The van der Waals surface area contributed by atoms with E-state index in [0.29, 0.717) is 6.42 Å². The number of carbonyl (C=O) groups excluding carboxylic acids is 2. The first-order chi connectivity index (χ1) is 16.1. The number of rotatable bonds is 3. The van der Waals surface area contributed by atoms with Crippen molar-refractivity contribution < 1.29 is 19.1 Å². The Bertz CT molecular complexity index is 700. The zero-order valence-corrected chi connectivity index (χ0v) is 23.8. The van der Waals surface area contributed by atoms with Crippen molar-refractivity contribution in [2.45, 2.75) is 94.3 Å². The SMILES string of the molecule is C=CC1=C(C=C)C2(C=CN(C)CC2)CC1C1C(=O)OC(C)(C)OC1=O.CC.CC.CC.CCC. The van der Waals surface area contributed by atoms with E-state index in [4.69, 9.17) is 9.47 Å². The minimum absolute atomic E-state index is 0.226. The Morgan fingerprint density at radius 3 is 1.82 bits per heavy atom. The van der Waals surface area contributed by atoms with Crippen molar-refractivity contribution in [3.63, 3.8) is 0 Å². The van der Waals surface area contributed by atoms with Crippen molar-refractivity contribution in [2.75, 3.05) is 13.6 Å². The standard InChI is InChI=1S/C20H25NO4.C3H8.3C2H6/c1-6-13-14(16-17(22)24-19(3,4)25-18(16)23)12-20(15(13)7-2)8-10-21(5)11-9-20;1-3-2;3*1-2/h6-8,10,14,16H,1-2,9,11-12H2,3-5H3;3H2,1-2H3;3*1-2H3. The van der Waals surface area contributed by atoms with Gasteiger partial charge in [-0.1, -0.05) is 93.2 Å². The fraction of sp³-hybridized carbons (Fsp3) is 0.655. The Balaban J connectivity index is 0. The molecule has 3 aliphatic rings. The molecule has 0 saturated carbocycles. The quantitative estimate of drug-likeness (QED) is 0.312. The maximum absolute atomic E-state index is 12.6. The minimum Gasteiger partial charge on any atom is -0.422 e. The highest BCUT2D eigenvalue weighted by Gasteiger charge is 2.53. The van der Waals surface area contributed by atoms with Gasteiger partial charge in [0.15, 0.2) is 5.92 Å². The van der Waals surface area contributed by atoms with Gasteiger partial charge in [0.25, 0.3) is 5.79 Å². The molecule has 5 nitrogen and oxygen atoms in total. The van der Waals surface area contributed by atoms with Gasteiger partial charge in [-0.05, 0) is 30.2 Å². The highest BCUT2D eigenvalue weighted by atomic mass is 16.7. The number of ether oxygens (including phenoxy) is 2. The van der Waals surface area contributed by atoms with Crippen LogP contribution in [0.2, 0.25) is 0 Å². The van der Waals surface area contributed by atoms with Gasteiger partial charge in [-0.25, -0.2) is 0 Å². The molecular formula is C29H51NO4. The average Bonchev–Trinajstić information content (AvgIpc) is 3.11. The van der Waals surface area contributed by atoms with Crippen LogP contribution in [0.15, 0.2) is 48.7 Å². The highest BCUT2D eigenvalue weighted by Crippen LogP contribution is 2.54. The van der Waals surface area contributed by atoms with E-state index in [1.165, 1.54) is 6.42 Å². The van der Waals surface area contributed by atoms with Gasteiger partial charge < -0.3 is 14.4 Å². The van der Waals surface area contributed by atoms with Gasteiger partial charge >= 0.3 is 11.9 Å². The van der Waals surface area contributed by atoms with Crippen LogP contribution in [-0.4, -0.2) is 36.2 Å². The maximum Gasteiger partial charge on any atom is 0.324 e. The van der Waals surface area contributed by atoms with Crippen molar-refractivity contribution in [1.29, 1.82) is 0 Å². The summed E-state index contributed by atoms with van der Waals surface area (Å²) in [7, 11) is 2.03. The minimum atomic E-state index is -1.21. The summed E-state index contributed by atoms with van der Waals surface area (Å²) < 4.78 is 10.7. The summed E-state index contributed by atoms with van der Waals surface area (Å²) in [4.78, 5) is 27.2. The summed E-state index contributed by atoms with van der Waals surface area (Å²) in [5, 5.41) is 0. The summed E-state index contributed by atoms with van der Waals surface area (Å²) in [5.41, 5.74) is 1.71. The predicted molar refractivity (Wildman–Crippen MR) is 144 cm³/mol. The normalized spacial score (nSPS) is 24.6. The third-order valence-corrected chi connectivity index (χ3v) is 5.42. The largest absolute Gasteiger partial charge is 0.422 e. The van der Waals surface area contributed by atoms with E-state index in [-0.39, 0.29) is 11.3 Å². The summed E-state index contributed by atoms with van der Waals surface area (Å²) in [6, 6.07) is 0. The lowest BCUT2D eigenvalue weighted by Gasteiger charge is -2.37. The smallest absolute Gasteiger partial charge is 0.324 e. The Labute approximate surface area is 210 Å². The van der Waals surface area contributed by atoms with Crippen molar-refractivity contribution in [3.8, 4) is 0 Å². The predicted octanol–water partition coefficient (Wildman–Crippen LogP) is 7.46. The molecule has 1 saturated heterocycles. The molecule has 2 unspecified atom stereocenters. The molecule has 0 radical (unpaired) electrons. The van der Waals surface area contributed by atoms with Gasteiger partial charge in [-0.2, -0.15) is 0 Å². The number of cyclic esters (lactones) is 2. The topological polar surface area (TPSA) is 55.8 Å². The molecule has 0 bridgehead atoms. The fourth-order valence-electron chi connectivity index (χ4n) is 4.23. The second-order valence-electron chi connectivity index (χ2n) is 8.22. The average molecular weight is 478 g/mol. The first-order valence-corrected chi connectivity index (χ1v) is 13.0. The maximum atomic E-state index is 12.6. The van der Waals surface area contributed by atoms with Crippen LogP contribution >= 0.6 is 0 Å². The molecule has 1 spiro atoms. The summed E-state index contributed by atoms with van der Waals surface area (Å²) in [6.45, 7) is 28.2. The molecule has 0 aromatic carbocycles. The second-order valence-corrected chi connectivity index (χ2v) is 8.22. The number of nitrogens with zero attached hydrogens (tertiary/aromatic N) is 1. The van der Waals surface area contributed by atoms with E-state index in [9.17, 15) is 9.59 Å². The van der Waals surface area contributed by atoms with Crippen molar-refractivity contribution >= 4 is 11.9 Å². The molecule has 0 amide bonds. The van der Waals surface area contributed by atoms with Crippen LogP contribution in [0.1, 0.15) is 88.5 Å². The van der Waals surface area contributed by atoms with Crippen LogP contribution < -0.4 is 0 Å². The third-order valence-electron chi connectivity index (χ3n) is 5.42. The van der Waals surface area contributed by atoms with E-state index in [1.54, 1.807) is 19.9 Å². The van der Waals surface area contributed by atoms with Gasteiger partial charge in [0.1, 0.15) is 0 Å². The number of hydrogen-bond donors (Lipinski definition) is 0. The van der Waals surface area contributed by atoms with Crippen molar-refractivity contribution in [3.05, 3.63) is 48.7 Å². The lowest BCUT2D eigenvalue weighted by atomic mass is 9.74. The molecular weight excluding hydrogens is 426 g/mol. The van der Waals surface area contributed by atoms with Crippen LogP contribution in [0.5, 0.6) is 0 Å². The monoisotopic (exact) mass is 477 g/mol. The van der Waals surface area contributed by atoms with Crippen molar-refractivity contribution in [2.24, 2.45) is 17.3 Å².